The summed E-state index contributed by atoms with van der Waals surface area (Å²) in [5.74, 6) is 0.370. The van der Waals surface area contributed by atoms with Crippen LogP contribution in [-0.2, 0) is 9.53 Å². The van der Waals surface area contributed by atoms with Gasteiger partial charge in [0.2, 0.25) is 0 Å². The third kappa shape index (κ3) is 8.45. The van der Waals surface area contributed by atoms with Crippen molar-refractivity contribution in [3.05, 3.63) is 0 Å². The van der Waals surface area contributed by atoms with Gasteiger partial charge in [-0.25, -0.2) is 0 Å². The van der Waals surface area contributed by atoms with Gasteiger partial charge in [-0.3, -0.25) is 4.79 Å². The molecule has 0 aliphatic rings. The van der Waals surface area contributed by atoms with Crippen LogP contribution < -0.4 is 5.73 Å². The summed E-state index contributed by atoms with van der Waals surface area (Å²) < 4.78 is 5.29. The quantitative estimate of drug-likeness (QED) is 0.397. The van der Waals surface area contributed by atoms with E-state index >= 15 is 0 Å². The maximum absolute atomic E-state index is 12.3. The van der Waals surface area contributed by atoms with Crippen LogP contribution in [0.15, 0.2) is 0 Å². The van der Waals surface area contributed by atoms with Crippen molar-refractivity contribution in [2.75, 3.05) is 13.2 Å². The molecule has 0 aromatic rings. The first-order valence-electron chi connectivity index (χ1n) is 8.89. The maximum atomic E-state index is 12.3. The van der Waals surface area contributed by atoms with Crippen LogP contribution in [0.5, 0.6) is 0 Å². The largest absolute Gasteiger partial charge is 0.466 e. The third-order valence-electron chi connectivity index (χ3n) is 4.16. The standard InChI is InChI=1S/C18H37NO2/c1-5-7-8-9-10-11-12-13-18(15-19,14-16(3)4)17(20)21-6-2/h16H,5-15,19H2,1-4H3. The predicted octanol–water partition coefficient (Wildman–Crippen LogP) is 4.68. The Morgan fingerprint density at radius 3 is 2.10 bits per heavy atom. The first kappa shape index (κ1) is 20.4. The Morgan fingerprint density at radius 1 is 1.05 bits per heavy atom. The van der Waals surface area contributed by atoms with Crippen molar-refractivity contribution in [2.24, 2.45) is 17.1 Å². The van der Waals surface area contributed by atoms with Gasteiger partial charge in [0.25, 0.3) is 0 Å². The van der Waals surface area contributed by atoms with Crippen LogP contribution in [0.25, 0.3) is 0 Å². The molecule has 0 radical (unpaired) electrons. The molecule has 0 bridgehead atoms. The second-order valence-electron chi connectivity index (χ2n) is 6.67. The number of hydrogen-bond donors (Lipinski definition) is 1. The van der Waals surface area contributed by atoms with E-state index in [2.05, 4.69) is 20.8 Å². The number of rotatable bonds is 13. The van der Waals surface area contributed by atoms with Gasteiger partial charge in [-0.05, 0) is 25.7 Å². The number of carbonyl (C=O) groups is 1. The van der Waals surface area contributed by atoms with Gasteiger partial charge in [0, 0.05) is 6.54 Å². The van der Waals surface area contributed by atoms with E-state index in [0.717, 1.165) is 19.3 Å². The van der Waals surface area contributed by atoms with E-state index in [1.807, 2.05) is 6.92 Å². The number of hydrogen-bond acceptors (Lipinski definition) is 3. The zero-order chi connectivity index (χ0) is 16.1. The Balaban J connectivity index is 4.30. The van der Waals surface area contributed by atoms with Crippen molar-refractivity contribution in [1.29, 1.82) is 0 Å². The molecule has 2 N–H and O–H groups in total. The van der Waals surface area contributed by atoms with Gasteiger partial charge < -0.3 is 10.5 Å². The zero-order valence-electron chi connectivity index (χ0n) is 14.7. The van der Waals surface area contributed by atoms with Crippen molar-refractivity contribution < 1.29 is 9.53 Å². The van der Waals surface area contributed by atoms with Crippen LogP contribution in [-0.4, -0.2) is 19.1 Å². The van der Waals surface area contributed by atoms with Gasteiger partial charge in [0.15, 0.2) is 0 Å². The van der Waals surface area contributed by atoms with Gasteiger partial charge in [-0.2, -0.15) is 0 Å². The summed E-state index contributed by atoms with van der Waals surface area (Å²) in [5, 5.41) is 0. The minimum absolute atomic E-state index is 0.0906. The van der Waals surface area contributed by atoms with Gasteiger partial charge >= 0.3 is 5.97 Å². The van der Waals surface area contributed by atoms with Crippen LogP contribution in [0.2, 0.25) is 0 Å². The Morgan fingerprint density at radius 2 is 1.62 bits per heavy atom. The molecule has 1 unspecified atom stereocenters. The lowest BCUT2D eigenvalue weighted by atomic mass is 9.76. The maximum Gasteiger partial charge on any atom is 0.313 e. The average Bonchev–Trinajstić information content (AvgIpc) is 2.44. The number of ether oxygens (including phenoxy) is 1. The van der Waals surface area contributed by atoms with Crippen molar-refractivity contribution >= 4 is 5.97 Å². The number of carbonyl (C=O) groups excluding carboxylic acids is 1. The van der Waals surface area contributed by atoms with E-state index in [0.29, 0.717) is 19.1 Å². The fourth-order valence-corrected chi connectivity index (χ4v) is 3.04. The molecule has 0 amide bonds. The van der Waals surface area contributed by atoms with Gasteiger partial charge in [0.05, 0.1) is 12.0 Å². The Labute approximate surface area is 132 Å². The molecule has 126 valence electrons. The third-order valence-corrected chi connectivity index (χ3v) is 4.16. The smallest absolute Gasteiger partial charge is 0.313 e. The molecular formula is C18H37NO2. The lowest BCUT2D eigenvalue weighted by Gasteiger charge is -2.31. The fraction of sp³-hybridized carbons (Fsp3) is 0.944. The van der Waals surface area contributed by atoms with Crippen molar-refractivity contribution in [1.82, 2.24) is 0 Å². The molecule has 3 nitrogen and oxygen atoms in total. The topological polar surface area (TPSA) is 52.3 Å². The summed E-state index contributed by atoms with van der Waals surface area (Å²) >= 11 is 0. The Hall–Kier alpha value is -0.570. The zero-order valence-corrected chi connectivity index (χ0v) is 14.7. The molecule has 21 heavy (non-hydrogen) atoms. The average molecular weight is 299 g/mol. The Kier molecular flexibility index (Phi) is 11.7. The van der Waals surface area contributed by atoms with Crippen molar-refractivity contribution in [3.63, 3.8) is 0 Å². The van der Waals surface area contributed by atoms with E-state index < -0.39 is 5.41 Å². The normalized spacial score (nSPS) is 14.2. The highest BCUT2D eigenvalue weighted by Crippen LogP contribution is 2.33. The molecule has 0 aliphatic heterocycles. The summed E-state index contributed by atoms with van der Waals surface area (Å²) in [6.07, 6.45) is 10.5. The van der Waals surface area contributed by atoms with Crippen LogP contribution in [0.3, 0.4) is 0 Å². The molecule has 0 rings (SSSR count). The highest BCUT2D eigenvalue weighted by molar-refractivity contribution is 5.77. The van der Waals surface area contributed by atoms with Crippen molar-refractivity contribution in [2.45, 2.75) is 85.5 Å². The molecule has 0 spiro atoms. The molecule has 0 heterocycles. The summed E-state index contributed by atoms with van der Waals surface area (Å²) in [6, 6.07) is 0. The molecule has 3 heteroatoms. The highest BCUT2D eigenvalue weighted by Gasteiger charge is 2.38. The molecule has 0 fully saturated rings. The van der Waals surface area contributed by atoms with Crippen LogP contribution in [0, 0.1) is 11.3 Å². The van der Waals surface area contributed by atoms with Gasteiger partial charge in [0.1, 0.15) is 0 Å². The van der Waals surface area contributed by atoms with Crippen LogP contribution in [0.4, 0.5) is 0 Å². The highest BCUT2D eigenvalue weighted by atomic mass is 16.5. The minimum atomic E-state index is -0.465. The number of esters is 1. The van der Waals surface area contributed by atoms with Crippen molar-refractivity contribution in [3.8, 4) is 0 Å². The summed E-state index contributed by atoms with van der Waals surface area (Å²) in [6.45, 7) is 9.24. The van der Waals surface area contributed by atoms with E-state index in [9.17, 15) is 4.79 Å². The molecule has 0 aromatic carbocycles. The first-order chi connectivity index (χ1) is 10.0. The van der Waals surface area contributed by atoms with Crippen LogP contribution >= 0.6 is 0 Å². The fourth-order valence-electron chi connectivity index (χ4n) is 3.04. The molecule has 1 atom stereocenters. The SMILES string of the molecule is CCCCCCCCCC(CN)(CC(C)C)C(=O)OCC. The number of nitrogens with two attached hydrogens (primary N) is 1. The van der Waals surface area contributed by atoms with E-state index in [1.54, 1.807) is 0 Å². The lowest BCUT2D eigenvalue weighted by Crippen LogP contribution is -2.41. The molecule has 0 aromatic heterocycles. The molecular weight excluding hydrogens is 262 g/mol. The minimum Gasteiger partial charge on any atom is -0.466 e. The molecule has 0 aliphatic carbocycles. The monoisotopic (exact) mass is 299 g/mol. The first-order valence-corrected chi connectivity index (χ1v) is 8.89. The lowest BCUT2D eigenvalue weighted by molar-refractivity contribution is -0.156. The summed E-state index contributed by atoms with van der Waals surface area (Å²) in [7, 11) is 0. The van der Waals surface area contributed by atoms with E-state index in [-0.39, 0.29) is 5.97 Å². The Bertz CT molecular complexity index is 266. The molecule has 0 saturated carbocycles. The molecule has 0 saturated heterocycles. The summed E-state index contributed by atoms with van der Waals surface area (Å²) in [5.41, 5.74) is 5.50. The van der Waals surface area contributed by atoms with E-state index in [4.69, 9.17) is 10.5 Å². The van der Waals surface area contributed by atoms with Gasteiger partial charge in [-0.1, -0.05) is 65.7 Å². The van der Waals surface area contributed by atoms with Crippen LogP contribution in [0.1, 0.15) is 85.5 Å². The second-order valence-corrected chi connectivity index (χ2v) is 6.67. The van der Waals surface area contributed by atoms with E-state index in [1.165, 1.54) is 38.5 Å². The number of unbranched alkanes of at least 4 members (excludes halogenated alkanes) is 6. The second kappa shape index (κ2) is 12.0. The predicted molar refractivity (Wildman–Crippen MR) is 90.2 cm³/mol. The van der Waals surface area contributed by atoms with Gasteiger partial charge in [-0.15, -0.1) is 0 Å². The summed E-state index contributed by atoms with van der Waals surface area (Å²) in [4.78, 5) is 12.3.